The van der Waals surface area contributed by atoms with Gasteiger partial charge in [0.15, 0.2) is 6.61 Å². The summed E-state index contributed by atoms with van der Waals surface area (Å²) in [6.07, 6.45) is 1.51. The minimum Gasteiger partial charge on any atom is -0.495 e. The number of benzene rings is 2. The Hall–Kier alpha value is -3.50. The van der Waals surface area contributed by atoms with Crippen LogP contribution in [0.25, 0.3) is 6.08 Å². The highest BCUT2D eigenvalue weighted by atomic mass is 35.5. The smallest absolute Gasteiger partial charge is 0.341 e. The molecular weight excluding hydrogens is 460 g/mol. The van der Waals surface area contributed by atoms with Crippen molar-refractivity contribution in [2.24, 2.45) is 0 Å². The lowest BCUT2D eigenvalue weighted by atomic mass is 10.2. The highest BCUT2D eigenvalue weighted by Gasteiger charge is 2.36. The molecule has 1 heterocycles. The zero-order valence-corrected chi connectivity index (χ0v) is 18.2. The van der Waals surface area contributed by atoms with E-state index in [0.29, 0.717) is 27.8 Å². The summed E-state index contributed by atoms with van der Waals surface area (Å²) >= 11 is 6.75. The molecule has 2 aromatic rings. The highest BCUT2D eigenvalue weighted by Crippen LogP contribution is 2.32. The number of carbonyl (C=O) groups excluding carboxylic acids is 3. The van der Waals surface area contributed by atoms with Crippen LogP contribution >= 0.6 is 23.4 Å². The Kier molecular flexibility index (Phi) is 7.39. The Morgan fingerprint density at radius 2 is 1.91 bits per heavy atom. The molecule has 1 saturated heterocycles. The van der Waals surface area contributed by atoms with Crippen LogP contribution in [0.15, 0.2) is 47.4 Å². The van der Waals surface area contributed by atoms with E-state index in [-0.39, 0.29) is 4.91 Å². The first kappa shape index (κ1) is 23.2. The largest absolute Gasteiger partial charge is 0.495 e. The molecule has 11 heteroatoms. The van der Waals surface area contributed by atoms with Crippen LogP contribution in [0.1, 0.15) is 5.56 Å². The number of ether oxygens (including phenoxy) is 2. The normalized spacial score (nSPS) is 14.6. The standard InChI is InChI=1S/C21H17ClN2O7S/c1-30-16-7-4-13(9-15(16)22)23-18(25)10-24-20(28)17(32-21(24)29)8-12-2-5-14(6-3-12)31-11-19(26)27/h2-9H,10-11H2,1H3,(H,23,25)(H,26,27). The average Bonchev–Trinajstić information content (AvgIpc) is 3.00. The van der Waals surface area contributed by atoms with Gasteiger partial charge in [-0.3, -0.25) is 19.3 Å². The molecule has 3 amide bonds. The monoisotopic (exact) mass is 476 g/mol. The summed E-state index contributed by atoms with van der Waals surface area (Å²) in [6.45, 7) is -0.920. The van der Waals surface area contributed by atoms with Crippen LogP contribution < -0.4 is 14.8 Å². The van der Waals surface area contributed by atoms with E-state index in [1.54, 1.807) is 36.4 Å². The van der Waals surface area contributed by atoms with Gasteiger partial charge in [0.25, 0.3) is 11.1 Å². The van der Waals surface area contributed by atoms with Crippen molar-refractivity contribution in [3.8, 4) is 11.5 Å². The molecule has 1 aliphatic heterocycles. The predicted octanol–water partition coefficient (Wildman–Crippen LogP) is 3.49. The van der Waals surface area contributed by atoms with Crippen LogP contribution in [-0.4, -0.2) is 53.3 Å². The number of hydrogen-bond acceptors (Lipinski definition) is 7. The SMILES string of the molecule is COc1ccc(NC(=O)CN2C(=O)SC(=Cc3ccc(OCC(=O)O)cc3)C2=O)cc1Cl. The Labute approximate surface area is 191 Å². The first-order valence-electron chi connectivity index (χ1n) is 9.10. The number of imide groups is 1. The first-order valence-corrected chi connectivity index (χ1v) is 10.3. The zero-order chi connectivity index (χ0) is 23.3. The van der Waals surface area contributed by atoms with Gasteiger partial charge in [0.1, 0.15) is 18.0 Å². The molecule has 0 atom stereocenters. The maximum Gasteiger partial charge on any atom is 0.341 e. The fraction of sp³-hybridized carbons (Fsp3) is 0.143. The van der Waals surface area contributed by atoms with E-state index in [1.165, 1.54) is 19.3 Å². The molecule has 0 bridgehead atoms. The molecule has 1 aliphatic rings. The van der Waals surface area contributed by atoms with E-state index in [4.69, 9.17) is 26.2 Å². The third-order valence-corrected chi connectivity index (χ3v) is 5.35. The van der Waals surface area contributed by atoms with Crippen molar-refractivity contribution in [1.29, 1.82) is 0 Å². The molecule has 0 unspecified atom stereocenters. The van der Waals surface area contributed by atoms with Crippen molar-refractivity contribution < 1.29 is 33.8 Å². The van der Waals surface area contributed by atoms with Crippen LogP contribution in [0.5, 0.6) is 11.5 Å². The number of hydrogen-bond donors (Lipinski definition) is 2. The predicted molar refractivity (Wildman–Crippen MR) is 119 cm³/mol. The highest BCUT2D eigenvalue weighted by molar-refractivity contribution is 8.18. The topological polar surface area (TPSA) is 122 Å². The number of carboxylic acid groups (broad SMARTS) is 1. The number of aliphatic carboxylic acids is 1. The van der Waals surface area contributed by atoms with Crippen molar-refractivity contribution in [2.75, 3.05) is 25.6 Å². The number of thioether (sulfide) groups is 1. The van der Waals surface area contributed by atoms with Crippen LogP contribution in [-0.2, 0) is 14.4 Å². The lowest BCUT2D eigenvalue weighted by Gasteiger charge is -2.13. The quantitative estimate of drug-likeness (QED) is 0.555. The molecule has 2 aromatic carbocycles. The molecule has 9 nitrogen and oxygen atoms in total. The summed E-state index contributed by atoms with van der Waals surface area (Å²) in [7, 11) is 1.47. The van der Waals surface area contributed by atoms with E-state index in [2.05, 4.69) is 5.32 Å². The second-order valence-electron chi connectivity index (χ2n) is 6.42. The minimum atomic E-state index is -1.10. The lowest BCUT2D eigenvalue weighted by Crippen LogP contribution is -2.36. The molecule has 32 heavy (non-hydrogen) atoms. The molecule has 0 saturated carbocycles. The summed E-state index contributed by atoms with van der Waals surface area (Å²) in [5, 5.41) is 10.9. The molecule has 0 aliphatic carbocycles. The van der Waals surface area contributed by atoms with Gasteiger partial charge in [0, 0.05) is 5.69 Å². The van der Waals surface area contributed by atoms with Gasteiger partial charge in [-0.1, -0.05) is 23.7 Å². The lowest BCUT2D eigenvalue weighted by molar-refractivity contribution is -0.139. The van der Waals surface area contributed by atoms with Gasteiger partial charge in [-0.15, -0.1) is 0 Å². The van der Waals surface area contributed by atoms with E-state index < -0.39 is 36.2 Å². The summed E-state index contributed by atoms with van der Waals surface area (Å²) in [5.74, 6) is -1.44. The van der Waals surface area contributed by atoms with E-state index in [9.17, 15) is 19.2 Å². The molecule has 0 radical (unpaired) electrons. The summed E-state index contributed by atoms with van der Waals surface area (Å²) in [6, 6.07) is 11.0. The first-order chi connectivity index (χ1) is 15.3. The average molecular weight is 477 g/mol. The summed E-state index contributed by atoms with van der Waals surface area (Å²) in [5.41, 5.74) is 1.00. The van der Waals surface area contributed by atoms with Crippen molar-refractivity contribution in [3.05, 3.63) is 58.0 Å². The Morgan fingerprint density at radius 3 is 2.53 bits per heavy atom. The Bertz CT molecular complexity index is 1100. The number of anilines is 1. The maximum atomic E-state index is 12.6. The van der Waals surface area contributed by atoms with Crippen LogP contribution in [0.2, 0.25) is 5.02 Å². The zero-order valence-electron chi connectivity index (χ0n) is 16.7. The van der Waals surface area contributed by atoms with Gasteiger partial charge in [-0.05, 0) is 53.7 Å². The summed E-state index contributed by atoms with van der Waals surface area (Å²) in [4.78, 5) is 48.7. The van der Waals surface area contributed by atoms with Crippen LogP contribution in [0.3, 0.4) is 0 Å². The molecule has 2 N–H and O–H groups in total. The molecular formula is C21H17ClN2O7S. The third kappa shape index (κ3) is 5.80. The number of nitrogens with one attached hydrogen (secondary N) is 1. The molecule has 0 spiro atoms. The van der Waals surface area contributed by atoms with Crippen molar-refractivity contribution >= 4 is 58.1 Å². The number of rotatable bonds is 8. The van der Waals surface area contributed by atoms with Crippen molar-refractivity contribution in [1.82, 2.24) is 4.90 Å². The number of carboxylic acids is 1. The summed E-state index contributed by atoms with van der Waals surface area (Å²) < 4.78 is 10.1. The second-order valence-corrected chi connectivity index (χ2v) is 7.82. The Morgan fingerprint density at radius 1 is 1.19 bits per heavy atom. The van der Waals surface area contributed by atoms with Gasteiger partial charge in [-0.2, -0.15) is 0 Å². The van der Waals surface area contributed by atoms with Crippen molar-refractivity contribution in [3.63, 3.8) is 0 Å². The maximum absolute atomic E-state index is 12.6. The second kappa shape index (κ2) is 10.2. The van der Waals surface area contributed by atoms with Crippen LogP contribution in [0, 0.1) is 0 Å². The molecule has 0 aromatic heterocycles. The molecule has 1 fully saturated rings. The third-order valence-electron chi connectivity index (χ3n) is 4.15. The number of nitrogens with zero attached hydrogens (tertiary/aromatic N) is 1. The van der Waals surface area contributed by atoms with Gasteiger partial charge in [-0.25, -0.2) is 4.79 Å². The number of amides is 3. The minimum absolute atomic E-state index is 0.162. The van der Waals surface area contributed by atoms with E-state index in [1.807, 2.05) is 0 Å². The molecule has 166 valence electrons. The van der Waals surface area contributed by atoms with Crippen molar-refractivity contribution in [2.45, 2.75) is 0 Å². The van der Waals surface area contributed by atoms with E-state index in [0.717, 1.165) is 16.7 Å². The number of halogens is 1. The molecule has 3 rings (SSSR count). The fourth-order valence-corrected chi connectivity index (χ4v) is 3.78. The van der Waals surface area contributed by atoms with Gasteiger partial charge >= 0.3 is 5.97 Å². The fourth-order valence-electron chi connectivity index (χ4n) is 2.68. The van der Waals surface area contributed by atoms with Crippen LogP contribution in [0.4, 0.5) is 10.5 Å². The number of methoxy groups -OCH3 is 1. The van der Waals surface area contributed by atoms with Gasteiger partial charge < -0.3 is 19.9 Å². The Balaban J connectivity index is 1.63. The number of carbonyl (C=O) groups is 4. The van der Waals surface area contributed by atoms with Gasteiger partial charge in [0.05, 0.1) is 17.0 Å². The van der Waals surface area contributed by atoms with E-state index >= 15 is 0 Å². The van der Waals surface area contributed by atoms with Gasteiger partial charge in [0.2, 0.25) is 5.91 Å².